The minimum atomic E-state index is -0.0347. The third kappa shape index (κ3) is 4.89. The Morgan fingerprint density at radius 1 is 1.47 bits per heavy atom. The van der Waals surface area contributed by atoms with Crippen LogP contribution < -0.4 is 11.1 Å². The summed E-state index contributed by atoms with van der Waals surface area (Å²) in [7, 11) is 0. The first-order chi connectivity index (χ1) is 7.11. The quantitative estimate of drug-likeness (QED) is 0.770. The van der Waals surface area contributed by atoms with Crippen LogP contribution in [0.15, 0.2) is 0 Å². The Hall–Kier alpha value is -0.220. The average Bonchev–Trinajstić information content (AvgIpc) is 2.17. The van der Waals surface area contributed by atoms with E-state index in [4.69, 9.17) is 5.73 Å². The maximum atomic E-state index is 11.5. The van der Waals surface area contributed by atoms with E-state index in [-0.39, 0.29) is 11.9 Å². The highest BCUT2D eigenvalue weighted by atomic mass is 32.2. The van der Waals surface area contributed by atoms with E-state index in [1.807, 2.05) is 18.7 Å². The molecule has 0 saturated heterocycles. The predicted octanol–water partition coefficient (Wildman–Crippen LogP) is 1.51. The van der Waals surface area contributed by atoms with E-state index < -0.39 is 0 Å². The van der Waals surface area contributed by atoms with Gasteiger partial charge < -0.3 is 11.1 Å². The number of hydrogen-bond acceptors (Lipinski definition) is 3. The zero-order valence-corrected chi connectivity index (χ0v) is 10.5. The lowest BCUT2D eigenvalue weighted by Gasteiger charge is -2.28. The maximum absolute atomic E-state index is 11.5. The molecule has 0 aliphatic heterocycles. The molecule has 0 spiro atoms. The molecule has 0 heterocycles. The van der Waals surface area contributed by atoms with Gasteiger partial charge in [0.25, 0.3) is 0 Å². The van der Waals surface area contributed by atoms with Crippen LogP contribution in [-0.2, 0) is 4.79 Å². The van der Waals surface area contributed by atoms with Gasteiger partial charge in [-0.15, -0.1) is 0 Å². The van der Waals surface area contributed by atoms with Crippen molar-refractivity contribution in [1.29, 1.82) is 0 Å². The van der Waals surface area contributed by atoms with Gasteiger partial charge in [0.05, 0.1) is 0 Å². The summed E-state index contributed by atoms with van der Waals surface area (Å²) in [6.45, 7) is 1.87. The van der Waals surface area contributed by atoms with E-state index in [1.54, 1.807) is 0 Å². The topological polar surface area (TPSA) is 55.1 Å². The van der Waals surface area contributed by atoms with Gasteiger partial charge >= 0.3 is 0 Å². The molecule has 0 aromatic rings. The molecule has 1 unspecified atom stereocenters. The summed E-state index contributed by atoms with van der Waals surface area (Å²) in [5.74, 6) is 0.109. The third-order valence-corrected chi connectivity index (χ3v) is 4.02. The van der Waals surface area contributed by atoms with Crippen molar-refractivity contribution < 1.29 is 4.79 Å². The van der Waals surface area contributed by atoms with Crippen LogP contribution >= 0.6 is 11.8 Å². The Balaban J connectivity index is 2.20. The number of hydrogen-bond donors (Lipinski definition) is 2. The molecule has 3 nitrogen and oxygen atoms in total. The summed E-state index contributed by atoms with van der Waals surface area (Å²) >= 11 is 1.94. The minimum absolute atomic E-state index is 0.0347. The SMILES string of the molecule is CSC1CCC(NC(=O)CC(C)N)CC1. The number of carbonyl (C=O) groups excluding carboxylic acids is 1. The fourth-order valence-electron chi connectivity index (χ4n) is 2.02. The summed E-state index contributed by atoms with van der Waals surface area (Å²) in [6.07, 6.45) is 7.31. The second-order valence-electron chi connectivity index (χ2n) is 4.46. The highest BCUT2D eigenvalue weighted by Crippen LogP contribution is 2.26. The molecule has 0 aromatic carbocycles. The molecule has 1 rings (SSSR count). The van der Waals surface area contributed by atoms with Crippen LogP contribution in [0.5, 0.6) is 0 Å². The fraction of sp³-hybridized carbons (Fsp3) is 0.909. The largest absolute Gasteiger partial charge is 0.353 e. The van der Waals surface area contributed by atoms with E-state index in [1.165, 1.54) is 12.8 Å². The van der Waals surface area contributed by atoms with Crippen molar-refractivity contribution in [2.45, 2.75) is 56.4 Å². The van der Waals surface area contributed by atoms with E-state index in [0.29, 0.717) is 12.5 Å². The zero-order chi connectivity index (χ0) is 11.3. The Kier molecular flexibility index (Phi) is 5.47. The third-order valence-electron chi connectivity index (χ3n) is 2.88. The molecular formula is C11H22N2OS. The first-order valence-corrected chi connectivity index (χ1v) is 6.98. The molecule has 88 valence electrons. The molecule has 1 fully saturated rings. The Bertz CT molecular complexity index is 201. The molecular weight excluding hydrogens is 208 g/mol. The molecule has 1 atom stereocenters. The highest BCUT2D eigenvalue weighted by Gasteiger charge is 2.21. The second-order valence-corrected chi connectivity index (χ2v) is 5.60. The van der Waals surface area contributed by atoms with Gasteiger partial charge in [-0.1, -0.05) is 0 Å². The van der Waals surface area contributed by atoms with Gasteiger partial charge in [-0.3, -0.25) is 4.79 Å². The van der Waals surface area contributed by atoms with Crippen molar-refractivity contribution in [2.24, 2.45) is 5.73 Å². The number of carbonyl (C=O) groups is 1. The first-order valence-electron chi connectivity index (χ1n) is 5.69. The summed E-state index contributed by atoms with van der Waals surface area (Å²) in [4.78, 5) is 11.5. The zero-order valence-electron chi connectivity index (χ0n) is 9.66. The second kappa shape index (κ2) is 6.38. The van der Waals surface area contributed by atoms with Crippen molar-refractivity contribution in [3.63, 3.8) is 0 Å². The van der Waals surface area contributed by atoms with Crippen molar-refractivity contribution in [3.05, 3.63) is 0 Å². The standard InChI is InChI=1S/C11H22N2OS/c1-8(12)7-11(14)13-9-3-5-10(15-2)6-4-9/h8-10H,3-7,12H2,1-2H3,(H,13,14). The number of amides is 1. The van der Waals surface area contributed by atoms with E-state index in [0.717, 1.165) is 18.1 Å². The van der Waals surface area contributed by atoms with Gasteiger partial charge in [-0.25, -0.2) is 0 Å². The van der Waals surface area contributed by atoms with Crippen LogP contribution in [0, 0.1) is 0 Å². The predicted molar refractivity (Wildman–Crippen MR) is 66.0 cm³/mol. The minimum Gasteiger partial charge on any atom is -0.353 e. The molecule has 3 N–H and O–H groups in total. The summed E-state index contributed by atoms with van der Waals surface area (Å²) < 4.78 is 0. The lowest BCUT2D eigenvalue weighted by molar-refractivity contribution is -0.122. The first kappa shape index (κ1) is 12.8. The summed E-state index contributed by atoms with van der Waals surface area (Å²) in [5.41, 5.74) is 5.58. The van der Waals surface area contributed by atoms with Gasteiger partial charge in [-0.05, 0) is 38.9 Å². The molecule has 15 heavy (non-hydrogen) atoms. The number of nitrogens with two attached hydrogens (primary N) is 1. The van der Waals surface area contributed by atoms with E-state index >= 15 is 0 Å². The Morgan fingerprint density at radius 2 is 2.07 bits per heavy atom. The van der Waals surface area contributed by atoms with Gasteiger partial charge in [0.2, 0.25) is 5.91 Å². The molecule has 1 saturated carbocycles. The molecule has 0 radical (unpaired) electrons. The van der Waals surface area contributed by atoms with Crippen LogP contribution in [0.1, 0.15) is 39.0 Å². The normalized spacial score (nSPS) is 28.5. The van der Waals surface area contributed by atoms with Gasteiger partial charge in [0.1, 0.15) is 0 Å². The lowest BCUT2D eigenvalue weighted by Crippen LogP contribution is -2.40. The fourth-order valence-corrected chi connectivity index (χ4v) is 2.77. The summed E-state index contributed by atoms with van der Waals surface area (Å²) in [6, 6.07) is 0.354. The van der Waals surface area contributed by atoms with Crippen molar-refractivity contribution in [1.82, 2.24) is 5.32 Å². The van der Waals surface area contributed by atoms with Gasteiger partial charge in [-0.2, -0.15) is 11.8 Å². The van der Waals surface area contributed by atoms with Gasteiger partial charge in [0.15, 0.2) is 0 Å². The Labute approximate surface area is 96.6 Å². The Morgan fingerprint density at radius 3 is 2.53 bits per heavy atom. The molecule has 1 amide bonds. The monoisotopic (exact) mass is 230 g/mol. The highest BCUT2D eigenvalue weighted by molar-refractivity contribution is 7.99. The summed E-state index contributed by atoms with van der Waals surface area (Å²) in [5, 5.41) is 3.86. The smallest absolute Gasteiger partial charge is 0.221 e. The van der Waals surface area contributed by atoms with Crippen LogP contribution in [0.3, 0.4) is 0 Å². The lowest BCUT2D eigenvalue weighted by atomic mass is 9.95. The maximum Gasteiger partial charge on any atom is 0.221 e. The van der Waals surface area contributed by atoms with Crippen LogP contribution in [0.2, 0.25) is 0 Å². The van der Waals surface area contributed by atoms with Crippen molar-refractivity contribution in [3.8, 4) is 0 Å². The molecule has 4 heteroatoms. The van der Waals surface area contributed by atoms with Crippen LogP contribution in [0.25, 0.3) is 0 Å². The van der Waals surface area contributed by atoms with Crippen LogP contribution in [0.4, 0.5) is 0 Å². The number of thioether (sulfide) groups is 1. The molecule has 0 bridgehead atoms. The number of rotatable bonds is 4. The van der Waals surface area contributed by atoms with E-state index in [2.05, 4.69) is 11.6 Å². The van der Waals surface area contributed by atoms with Crippen molar-refractivity contribution >= 4 is 17.7 Å². The van der Waals surface area contributed by atoms with Crippen molar-refractivity contribution in [2.75, 3.05) is 6.26 Å². The number of nitrogens with one attached hydrogen (secondary N) is 1. The molecule has 1 aliphatic rings. The van der Waals surface area contributed by atoms with E-state index in [9.17, 15) is 4.79 Å². The van der Waals surface area contributed by atoms with Gasteiger partial charge in [0, 0.05) is 23.8 Å². The molecule has 1 aliphatic carbocycles. The average molecular weight is 230 g/mol. The molecule has 0 aromatic heterocycles. The van der Waals surface area contributed by atoms with Crippen LogP contribution in [-0.4, -0.2) is 29.5 Å².